The highest BCUT2D eigenvalue weighted by atomic mass is 16.5. The lowest BCUT2D eigenvalue weighted by Crippen LogP contribution is -2.17. The molecule has 0 saturated carbocycles. The maximum atomic E-state index is 12.7. The van der Waals surface area contributed by atoms with E-state index in [0.717, 1.165) is 22.4 Å². The van der Waals surface area contributed by atoms with Gasteiger partial charge in [-0.25, -0.2) is 4.79 Å². The Morgan fingerprint density at radius 3 is 1.81 bits per heavy atom. The van der Waals surface area contributed by atoms with Crippen LogP contribution in [0.15, 0.2) is 109 Å². The minimum atomic E-state index is -0.749. The smallest absolute Gasteiger partial charge is 0.335 e. The first-order valence-corrected chi connectivity index (χ1v) is 8.80. The van der Waals surface area contributed by atoms with Crippen molar-refractivity contribution in [1.82, 2.24) is 0 Å². The summed E-state index contributed by atoms with van der Waals surface area (Å²) in [6, 6.07) is 28.4. The van der Waals surface area contributed by atoms with Gasteiger partial charge in [-0.2, -0.15) is 0 Å². The van der Waals surface area contributed by atoms with Crippen molar-refractivity contribution >= 4 is 11.7 Å². The van der Waals surface area contributed by atoms with E-state index < -0.39 is 12.0 Å². The largest absolute Gasteiger partial charge is 0.460 e. The highest BCUT2D eigenvalue weighted by Gasteiger charge is 2.22. The predicted octanol–water partition coefficient (Wildman–Crippen LogP) is 4.99. The summed E-state index contributed by atoms with van der Waals surface area (Å²) in [6.07, 6.45) is 1.55. The van der Waals surface area contributed by atoms with E-state index in [1.165, 1.54) is 0 Å². The second-order valence-electron chi connectivity index (χ2n) is 5.94. The third-order valence-electron chi connectivity index (χ3n) is 4.03. The normalized spacial score (nSPS) is 11.3. The van der Waals surface area contributed by atoms with E-state index in [9.17, 15) is 4.79 Å². The number of hydrogen-bond donors (Lipinski definition) is 0. The summed E-state index contributed by atoms with van der Waals surface area (Å²) in [5.41, 5.74) is 3.43. The predicted molar refractivity (Wildman–Crippen MR) is 109 cm³/mol. The molecule has 0 aromatic heterocycles. The fraction of sp³-hybridized carbons (Fsp3) is 0.0833. The van der Waals surface area contributed by atoms with Crippen LogP contribution in [0.3, 0.4) is 0 Å². The zero-order valence-corrected chi connectivity index (χ0v) is 15.0. The molecule has 0 N–H and O–H groups in total. The zero-order valence-electron chi connectivity index (χ0n) is 15.0. The Hall–Kier alpha value is -3.46. The van der Waals surface area contributed by atoms with Gasteiger partial charge in [-0.05, 0) is 5.56 Å². The average molecular weight is 355 g/mol. The van der Waals surface area contributed by atoms with Crippen molar-refractivity contribution < 1.29 is 9.53 Å². The molecule has 27 heavy (non-hydrogen) atoms. The number of carbonyl (C=O) groups excluding carboxylic acids is 1. The molecular formula is C24H21NO2. The van der Waals surface area contributed by atoms with Gasteiger partial charge in [-0.1, -0.05) is 104 Å². The van der Waals surface area contributed by atoms with E-state index in [4.69, 9.17) is 9.73 Å². The van der Waals surface area contributed by atoms with Crippen LogP contribution >= 0.6 is 0 Å². The molecular weight excluding hydrogens is 334 g/mol. The Bertz CT molecular complexity index is 861. The van der Waals surface area contributed by atoms with Crippen molar-refractivity contribution in [1.29, 1.82) is 0 Å². The third kappa shape index (κ3) is 4.79. The van der Waals surface area contributed by atoms with Gasteiger partial charge in [0.05, 0.1) is 5.71 Å². The van der Waals surface area contributed by atoms with Crippen molar-refractivity contribution in [3.8, 4) is 0 Å². The minimum Gasteiger partial charge on any atom is -0.460 e. The van der Waals surface area contributed by atoms with Crippen molar-refractivity contribution in [2.24, 2.45) is 4.99 Å². The highest BCUT2D eigenvalue weighted by molar-refractivity contribution is 6.13. The van der Waals surface area contributed by atoms with Gasteiger partial charge in [0.25, 0.3) is 0 Å². The maximum absolute atomic E-state index is 12.7. The number of benzene rings is 3. The van der Waals surface area contributed by atoms with E-state index in [2.05, 4.69) is 6.58 Å². The van der Waals surface area contributed by atoms with Gasteiger partial charge in [0.15, 0.2) is 6.04 Å². The Labute approximate surface area is 159 Å². The van der Waals surface area contributed by atoms with Gasteiger partial charge >= 0.3 is 5.97 Å². The summed E-state index contributed by atoms with van der Waals surface area (Å²) < 4.78 is 5.32. The highest BCUT2D eigenvalue weighted by Crippen LogP contribution is 2.23. The second-order valence-corrected chi connectivity index (χ2v) is 5.94. The number of aliphatic imine (C=N–C) groups is 1. The summed E-state index contributed by atoms with van der Waals surface area (Å²) in [5.74, 6) is -0.398. The summed E-state index contributed by atoms with van der Waals surface area (Å²) in [4.78, 5) is 17.6. The van der Waals surface area contributed by atoms with Crippen molar-refractivity contribution in [3.05, 3.63) is 120 Å². The first-order valence-electron chi connectivity index (χ1n) is 8.80. The molecule has 1 unspecified atom stereocenters. The molecule has 0 aliphatic rings. The first-order chi connectivity index (χ1) is 13.3. The van der Waals surface area contributed by atoms with E-state index in [1.54, 1.807) is 6.08 Å². The molecule has 3 aromatic rings. The number of rotatable bonds is 7. The van der Waals surface area contributed by atoms with Crippen LogP contribution < -0.4 is 0 Å². The number of carbonyl (C=O) groups is 1. The summed E-state index contributed by atoms with van der Waals surface area (Å²) in [6.45, 7) is 3.76. The molecule has 3 nitrogen and oxygen atoms in total. The van der Waals surface area contributed by atoms with Crippen LogP contribution in [0.4, 0.5) is 0 Å². The van der Waals surface area contributed by atoms with Gasteiger partial charge in [-0.3, -0.25) is 4.99 Å². The molecule has 3 heteroatoms. The van der Waals surface area contributed by atoms with Crippen LogP contribution in [-0.4, -0.2) is 18.3 Å². The summed E-state index contributed by atoms with van der Waals surface area (Å²) in [5, 5.41) is 0. The molecule has 0 spiro atoms. The molecule has 0 fully saturated rings. The van der Waals surface area contributed by atoms with Gasteiger partial charge in [-0.15, -0.1) is 0 Å². The SMILES string of the molecule is C=CCOC(=O)C(N=C(c1ccccc1)c1ccccc1)c1ccccc1. The van der Waals surface area contributed by atoms with Crippen molar-refractivity contribution in [2.75, 3.05) is 6.61 Å². The number of nitrogens with zero attached hydrogens (tertiary/aromatic N) is 1. The van der Waals surface area contributed by atoms with Crippen LogP contribution in [0.5, 0.6) is 0 Å². The number of ether oxygens (including phenoxy) is 1. The van der Waals surface area contributed by atoms with Gasteiger partial charge in [0.2, 0.25) is 0 Å². The van der Waals surface area contributed by atoms with Crippen LogP contribution in [-0.2, 0) is 9.53 Å². The van der Waals surface area contributed by atoms with E-state index >= 15 is 0 Å². The van der Waals surface area contributed by atoms with Crippen LogP contribution in [0, 0.1) is 0 Å². The van der Waals surface area contributed by atoms with E-state index in [-0.39, 0.29) is 6.61 Å². The fourth-order valence-corrected chi connectivity index (χ4v) is 2.76. The van der Waals surface area contributed by atoms with Crippen LogP contribution in [0.2, 0.25) is 0 Å². The lowest BCUT2D eigenvalue weighted by molar-refractivity contribution is -0.144. The molecule has 0 heterocycles. The Balaban J connectivity index is 2.10. The van der Waals surface area contributed by atoms with Crippen LogP contribution in [0.1, 0.15) is 22.7 Å². The molecule has 134 valence electrons. The van der Waals surface area contributed by atoms with Gasteiger partial charge in [0, 0.05) is 11.1 Å². The number of hydrogen-bond acceptors (Lipinski definition) is 3. The van der Waals surface area contributed by atoms with Crippen LogP contribution in [0.25, 0.3) is 0 Å². The molecule has 0 aliphatic heterocycles. The monoisotopic (exact) mass is 355 g/mol. The number of esters is 1. The topological polar surface area (TPSA) is 38.7 Å². The Morgan fingerprint density at radius 1 is 0.852 bits per heavy atom. The fourth-order valence-electron chi connectivity index (χ4n) is 2.76. The molecule has 0 aliphatic carbocycles. The molecule has 3 aromatic carbocycles. The zero-order chi connectivity index (χ0) is 18.9. The average Bonchev–Trinajstić information content (AvgIpc) is 2.74. The summed E-state index contributed by atoms with van der Waals surface area (Å²) >= 11 is 0. The van der Waals surface area contributed by atoms with Crippen molar-refractivity contribution in [2.45, 2.75) is 6.04 Å². The van der Waals surface area contributed by atoms with Gasteiger partial charge in [0.1, 0.15) is 6.61 Å². The molecule has 3 rings (SSSR count). The molecule has 0 radical (unpaired) electrons. The lowest BCUT2D eigenvalue weighted by atomic mass is 10.0. The molecule has 1 atom stereocenters. The summed E-state index contributed by atoms with van der Waals surface area (Å²) in [7, 11) is 0. The molecule has 0 bridgehead atoms. The minimum absolute atomic E-state index is 0.156. The standard InChI is InChI=1S/C24H21NO2/c1-2-18-27-24(26)23(21-16-10-5-11-17-21)25-22(19-12-6-3-7-13-19)20-14-8-4-9-15-20/h2-17,23H,1,18H2. The second kappa shape index (κ2) is 9.30. The van der Waals surface area contributed by atoms with Crippen molar-refractivity contribution in [3.63, 3.8) is 0 Å². The molecule has 0 amide bonds. The Kier molecular flexibility index (Phi) is 6.31. The first kappa shape index (κ1) is 18.3. The maximum Gasteiger partial charge on any atom is 0.335 e. The third-order valence-corrected chi connectivity index (χ3v) is 4.03. The van der Waals surface area contributed by atoms with Gasteiger partial charge < -0.3 is 4.74 Å². The molecule has 0 saturated heterocycles. The van der Waals surface area contributed by atoms with E-state index in [1.807, 2.05) is 91.0 Å². The van der Waals surface area contributed by atoms with E-state index in [0.29, 0.717) is 0 Å². The Morgan fingerprint density at radius 2 is 1.33 bits per heavy atom. The lowest BCUT2D eigenvalue weighted by Gasteiger charge is -2.15. The quantitative estimate of drug-likeness (QED) is 0.340.